The molecule has 0 amide bonds. The molecule has 0 saturated carbocycles. The number of rotatable bonds is 5. The average Bonchev–Trinajstić information content (AvgIpc) is 2.86. The van der Waals surface area contributed by atoms with Gasteiger partial charge in [0.1, 0.15) is 12.7 Å². The third kappa shape index (κ3) is 3.50. The summed E-state index contributed by atoms with van der Waals surface area (Å²) in [5.41, 5.74) is 0. The molecule has 2 rings (SSSR count). The smallest absolute Gasteiger partial charge is 0.137 e. The van der Waals surface area contributed by atoms with Gasteiger partial charge in [0.2, 0.25) is 0 Å². The van der Waals surface area contributed by atoms with Gasteiger partial charge in [0.25, 0.3) is 0 Å². The van der Waals surface area contributed by atoms with E-state index in [1.54, 1.807) is 12.7 Å². The summed E-state index contributed by atoms with van der Waals surface area (Å²) in [6.45, 7) is 3.20. The Hall–Kier alpha value is -0.550. The van der Waals surface area contributed by atoms with Crippen LogP contribution in [0, 0.1) is 0 Å². The van der Waals surface area contributed by atoms with Gasteiger partial charge in [-0.15, -0.1) is 0 Å². The van der Waals surface area contributed by atoms with E-state index in [9.17, 15) is 0 Å². The summed E-state index contributed by atoms with van der Waals surface area (Å²) in [7, 11) is 0. The largest absolute Gasteiger partial charge is 0.311 e. The van der Waals surface area contributed by atoms with E-state index in [-0.39, 0.29) is 0 Å². The summed E-state index contributed by atoms with van der Waals surface area (Å²) in [5, 5.41) is 7.75. The number of aromatic nitrogens is 3. The second-order valence-corrected chi connectivity index (χ2v) is 5.23. The molecule has 0 spiro atoms. The fourth-order valence-electron chi connectivity index (χ4n) is 1.83. The highest BCUT2D eigenvalue weighted by Gasteiger charge is 2.16. The van der Waals surface area contributed by atoms with Crippen molar-refractivity contribution in [2.45, 2.75) is 38.4 Å². The van der Waals surface area contributed by atoms with Gasteiger partial charge in [0.05, 0.1) is 0 Å². The van der Waals surface area contributed by atoms with Crippen LogP contribution in [0.1, 0.15) is 19.8 Å². The first-order valence-electron chi connectivity index (χ1n) is 5.51. The summed E-state index contributed by atoms with van der Waals surface area (Å²) in [4.78, 5) is 3.93. The van der Waals surface area contributed by atoms with Crippen molar-refractivity contribution in [3.05, 3.63) is 12.7 Å². The highest BCUT2D eigenvalue weighted by atomic mass is 32.2. The van der Waals surface area contributed by atoms with Crippen molar-refractivity contribution in [3.63, 3.8) is 0 Å². The molecule has 0 radical (unpaired) electrons. The van der Waals surface area contributed by atoms with Crippen LogP contribution in [0.4, 0.5) is 0 Å². The molecular formula is C10H18N4S. The van der Waals surface area contributed by atoms with Crippen molar-refractivity contribution in [2.24, 2.45) is 0 Å². The first-order valence-corrected chi connectivity index (χ1v) is 6.66. The Bertz CT molecular complexity index is 269. The molecule has 2 atom stereocenters. The molecular weight excluding hydrogens is 208 g/mol. The standard InChI is InChI=1S/C10H18N4S/c1-9(13-10-3-5-15-6-10)2-4-14-8-11-7-12-14/h7-10,13H,2-6H2,1H3. The maximum atomic E-state index is 4.09. The van der Waals surface area contributed by atoms with Crippen molar-refractivity contribution >= 4 is 11.8 Å². The predicted molar refractivity (Wildman–Crippen MR) is 63.0 cm³/mol. The Balaban J connectivity index is 1.66. The zero-order valence-electron chi connectivity index (χ0n) is 9.09. The van der Waals surface area contributed by atoms with Crippen LogP contribution in [0.25, 0.3) is 0 Å². The van der Waals surface area contributed by atoms with Gasteiger partial charge in [0, 0.05) is 24.4 Å². The van der Waals surface area contributed by atoms with Gasteiger partial charge in [-0.1, -0.05) is 0 Å². The molecule has 1 N–H and O–H groups in total. The Kier molecular flexibility index (Phi) is 4.02. The molecule has 84 valence electrons. The minimum atomic E-state index is 0.567. The Morgan fingerprint density at radius 2 is 2.60 bits per heavy atom. The number of hydrogen-bond acceptors (Lipinski definition) is 4. The molecule has 0 aromatic carbocycles. The van der Waals surface area contributed by atoms with Gasteiger partial charge in [-0.05, 0) is 25.5 Å². The van der Waals surface area contributed by atoms with Crippen molar-refractivity contribution in [1.82, 2.24) is 20.1 Å². The molecule has 1 aliphatic rings. The van der Waals surface area contributed by atoms with Gasteiger partial charge in [0.15, 0.2) is 0 Å². The molecule has 5 heteroatoms. The van der Waals surface area contributed by atoms with Crippen LogP contribution < -0.4 is 5.32 Å². The molecule has 2 heterocycles. The molecule has 0 aliphatic carbocycles. The lowest BCUT2D eigenvalue weighted by Crippen LogP contribution is -2.37. The van der Waals surface area contributed by atoms with Gasteiger partial charge in [-0.3, -0.25) is 4.68 Å². The average molecular weight is 226 g/mol. The van der Waals surface area contributed by atoms with Crippen LogP contribution in [0.5, 0.6) is 0 Å². The summed E-state index contributed by atoms with van der Waals surface area (Å²) < 4.78 is 1.89. The molecule has 0 bridgehead atoms. The van der Waals surface area contributed by atoms with Crippen molar-refractivity contribution in [3.8, 4) is 0 Å². The molecule has 15 heavy (non-hydrogen) atoms. The zero-order chi connectivity index (χ0) is 10.5. The second kappa shape index (κ2) is 5.51. The van der Waals surface area contributed by atoms with Crippen LogP contribution in [-0.2, 0) is 6.54 Å². The normalized spacial score (nSPS) is 23.1. The topological polar surface area (TPSA) is 42.7 Å². The maximum Gasteiger partial charge on any atom is 0.137 e. The molecule has 1 saturated heterocycles. The van der Waals surface area contributed by atoms with Gasteiger partial charge in [-0.25, -0.2) is 4.98 Å². The maximum absolute atomic E-state index is 4.09. The van der Waals surface area contributed by atoms with E-state index in [2.05, 4.69) is 22.3 Å². The number of nitrogens with zero attached hydrogens (tertiary/aromatic N) is 3. The van der Waals surface area contributed by atoms with E-state index in [1.807, 2.05) is 16.4 Å². The van der Waals surface area contributed by atoms with E-state index in [1.165, 1.54) is 17.9 Å². The van der Waals surface area contributed by atoms with E-state index < -0.39 is 0 Å². The molecule has 1 aromatic rings. The fourth-order valence-corrected chi connectivity index (χ4v) is 2.99. The number of hydrogen-bond donors (Lipinski definition) is 1. The van der Waals surface area contributed by atoms with Crippen LogP contribution in [-0.4, -0.2) is 38.4 Å². The van der Waals surface area contributed by atoms with Gasteiger partial charge in [-0.2, -0.15) is 16.9 Å². The molecule has 1 aromatic heterocycles. The summed E-state index contributed by atoms with van der Waals surface area (Å²) in [6.07, 6.45) is 5.80. The fraction of sp³-hybridized carbons (Fsp3) is 0.800. The molecule has 1 fully saturated rings. The third-order valence-corrected chi connectivity index (χ3v) is 3.87. The van der Waals surface area contributed by atoms with Crippen molar-refractivity contribution < 1.29 is 0 Å². The zero-order valence-corrected chi connectivity index (χ0v) is 9.91. The van der Waals surface area contributed by atoms with Crippen molar-refractivity contribution in [2.75, 3.05) is 11.5 Å². The second-order valence-electron chi connectivity index (χ2n) is 4.08. The van der Waals surface area contributed by atoms with Gasteiger partial charge >= 0.3 is 0 Å². The van der Waals surface area contributed by atoms with E-state index in [0.717, 1.165) is 19.0 Å². The molecule has 4 nitrogen and oxygen atoms in total. The van der Waals surface area contributed by atoms with E-state index >= 15 is 0 Å². The van der Waals surface area contributed by atoms with Crippen LogP contribution >= 0.6 is 11.8 Å². The quantitative estimate of drug-likeness (QED) is 0.818. The Morgan fingerprint density at radius 3 is 3.27 bits per heavy atom. The van der Waals surface area contributed by atoms with Crippen LogP contribution in [0.2, 0.25) is 0 Å². The van der Waals surface area contributed by atoms with E-state index in [0.29, 0.717) is 6.04 Å². The lowest BCUT2D eigenvalue weighted by atomic mass is 10.2. The number of thioether (sulfide) groups is 1. The lowest BCUT2D eigenvalue weighted by molar-refractivity contribution is 0.418. The minimum Gasteiger partial charge on any atom is -0.311 e. The highest BCUT2D eigenvalue weighted by Crippen LogP contribution is 2.17. The number of nitrogens with one attached hydrogen (secondary N) is 1. The molecule has 2 unspecified atom stereocenters. The third-order valence-electron chi connectivity index (χ3n) is 2.71. The van der Waals surface area contributed by atoms with Crippen LogP contribution in [0.15, 0.2) is 12.7 Å². The monoisotopic (exact) mass is 226 g/mol. The lowest BCUT2D eigenvalue weighted by Gasteiger charge is -2.18. The SMILES string of the molecule is CC(CCn1cncn1)NC1CCSC1. The Morgan fingerprint density at radius 1 is 1.67 bits per heavy atom. The minimum absolute atomic E-state index is 0.567. The Labute approximate surface area is 94.8 Å². The summed E-state index contributed by atoms with van der Waals surface area (Å²) in [5.74, 6) is 2.58. The summed E-state index contributed by atoms with van der Waals surface area (Å²) >= 11 is 2.05. The van der Waals surface area contributed by atoms with Gasteiger partial charge < -0.3 is 5.32 Å². The van der Waals surface area contributed by atoms with Crippen molar-refractivity contribution in [1.29, 1.82) is 0 Å². The molecule has 1 aliphatic heterocycles. The van der Waals surface area contributed by atoms with Crippen LogP contribution in [0.3, 0.4) is 0 Å². The highest BCUT2D eigenvalue weighted by molar-refractivity contribution is 7.99. The van der Waals surface area contributed by atoms with E-state index in [4.69, 9.17) is 0 Å². The predicted octanol–water partition coefficient (Wildman–Crippen LogP) is 1.15. The first kappa shape index (κ1) is 11.0. The first-order chi connectivity index (χ1) is 7.34. The summed E-state index contributed by atoms with van der Waals surface area (Å²) in [6, 6.07) is 1.29. The number of aryl methyl sites for hydroxylation is 1.